The van der Waals surface area contributed by atoms with Crippen molar-refractivity contribution in [3.63, 3.8) is 0 Å². The molecule has 0 aromatic heterocycles. The number of hydrogen-bond acceptors (Lipinski definition) is 2. The van der Waals surface area contributed by atoms with Crippen LogP contribution in [-0.4, -0.2) is 29.2 Å². The summed E-state index contributed by atoms with van der Waals surface area (Å²) in [5.74, 6) is 0. The summed E-state index contributed by atoms with van der Waals surface area (Å²) in [4.78, 5) is 15.3. The predicted molar refractivity (Wildman–Crippen MR) is 125 cm³/mol. The third kappa shape index (κ3) is 6.07. The van der Waals surface area contributed by atoms with E-state index in [9.17, 15) is 36.2 Å². The molecule has 0 bridgehead atoms. The second kappa shape index (κ2) is 10.6. The van der Waals surface area contributed by atoms with E-state index >= 15 is 0 Å². The van der Waals surface area contributed by atoms with Gasteiger partial charge in [-0.2, -0.15) is 26.3 Å². The van der Waals surface area contributed by atoms with Crippen LogP contribution in [0.25, 0.3) is 0 Å². The lowest BCUT2D eigenvalue weighted by Crippen LogP contribution is -2.34. The van der Waals surface area contributed by atoms with Crippen molar-refractivity contribution in [1.29, 1.82) is 0 Å². The monoisotopic (exact) mass is 516 g/mol. The van der Waals surface area contributed by atoms with E-state index in [0.717, 1.165) is 48.4 Å². The van der Waals surface area contributed by atoms with E-state index in [4.69, 9.17) is 0 Å². The molecule has 1 unspecified atom stereocenters. The van der Waals surface area contributed by atoms with Crippen LogP contribution in [0.5, 0.6) is 0 Å². The van der Waals surface area contributed by atoms with Gasteiger partial charge in [0.1, 0.15) is 0 Å². The molecule has 1 aliphatic rings. The molecule has 3 rings (SSSR count). The van der Waals surface area contributed by atoms with Crippen LogP contribution in [0.3, 0.4) is 0 Å². The van der Waals surface area contributed by atoms with E-state index in [-0.39, 0.29) is 11.6 Å². The van der Waals surface area contributed by atoms with Crippen LogP contribution in [0.1, 0.15) is 73.0 Å². The Hall–Kier alpha value is -2.91. The zero-order valence-electron chi connectivity index (χ0n) is 20.4. The molecule has 0 heterocycles. The lowest BCUT2D eigenvalue weighted by molar-refractivity contribution is -0.143. The van der Waals surface area contributed by atoms with Crippen LogP contribution >= 0.6 is 0 Å². The zero-order chi connectivity index (χ0) is 26.8. The number of halogens is 6. The summed E-state index contributed by atoms with van der Waals surface area (Å²) in [6.07, 6.45) is -7.88. The highest BCUT2D eigenvalue weighted by molar-refractivity contribution is 5.68. The van der Waals surface area contributed by atoms with Crippen molar-refractivity contribution in [1.82, 2.24) is 4.90 Å². The van der Waals surface area contributed by atoms with E-state index in [1.54, 1.807) is 6.92 Å². The van der Waals surface area contributed by atoms with Gasteiger partial charge in [-0.15, -0.1) is 0 Å². The summed E-state index contributed by atoms with van der Waals surface area (Å²) in [5, 5.41) is 9.98. The fourth-order valence-corrected chi connectivity index (χ4v) is 4.80. The third-order valence-corrected chi connectivity index (χ3v) is 6.62. The standard InChI is InChI=1S/C26H30F6N2O2/c1-4-9-33(5-2)23-13-19-8-6-7-18(19)12-22(23)16(3)34(24(35)36)15-17-10-20(25(27,28)29)14-21(11-17)26(30,31)32/h10-14,16H,4-9,15H2,1-3H3,(H,35,36). The minimum Gasteiger partial charge on any atom is -0.465 e. The maximum atomic E-state index is 13.3. The van der Waals surface area contributed by atoms with Crippen molar-refractivity contribution in [3.05, 3.63) is 63.7 Å². The van der Waals surface area contributed by atoms with Crippen LogP contribution in [0.15, 0.2) is 30.3 Å². The number of anilines is 1. The number of rotatable bonds is 8. The van der Waals surface area contributed by atoms with E-state index < -0.39 is 42.2 Å². The number of hydrogen-bond donors (Lipinski definition) is 1. The van der Waals surface area contributed by atoms with Crippen molar-refractivity contribution < 1.29 is 36.2 Å². The maximum absolute atomic E-state index is 13.3. The van der Waals surface area contributed by atoms with Crippen LogP contribution in [0.4, 0.5) is 36.8 Å². The Morgan fingerprint density at radius 3 is 1.97 bits per heavy atom. The van der Waals surface area contributed by atoms with Gasteiger partial charge >= 0.3 is 18.4 Å². The minimum absolute atomic E-state index is 0.0422. The first kappa shape index (κ1) is 27.7. The van der Waals surface area contributed by atoms with Gasteiger partial charge in [-0.1, -0.05) is 13.0 Å². The maximum Gasteiger partial charge on any atom is 0.416 e. The summed E-state index contributed by atoms with van der Waals surface area (Å²) in [6, 6.07) is 4.40. The van der Waals surface area contributed by atoms with Crippen LogP contribution in [-0.2, 0) is 31.7 Å². The van der Waals surface area contributed by atoms with Gasteiger partial charge in [0.2, 0.25) is 0 Å². The molecule has 10 heteroatoms. The van der Waals surface area contributed by atoms with E-state index in [0.29, 0.717) is 24.2 Å². The molecular formula is C26H30F6N2O2. The van der Waals surface area contributed by atoms with Crippen molar-refractivity contribution in [2.24, 2.45) is 0 Å². The quantitative estimate of drug-likeness (QED) is 0.366. The molecule has 1 N–H and O–H groups in total. The Kier molecular flexibility index (Phi) is 8.15. The lowest BCUT2D eigenvalue weighted by Gasteiger charge is -2.33. The first-order chi connectivity index (χ1) is 16.8. The fraction of sp³-hybridized carbons (Fsp3) is 0.500. The van der Waals surface area contributed by atoms with Crippen molar-refractivity contribution in [2.45, 2.75) is 71.4 Å². The highest BCUT2D eigenvalue weighted by Gasteiger charge is 2.37. The fourth-order valence-electron chi connectivity index (χ4n) is 4.80. The summed E-state index contributed by atoms with van der Waals surface area (Å²) in [6.45, 7) is 6.39. The number of nitrogens with zero attached hydrogens (tertiary/aromatic N) is 2. The molecule has 2 aromatic rings. The molecule has 0 spiro atoms. The van der Waals surface area contributed by atoms with E-state index in [2.05, 4.69) is 11.0 Å². The third-order valence-electron chi connectivity index (χ3n) is 6.62. The molecule has 198 valence electrons. The molecule has 0 fully saturated rings. The van der Waals surface area contributed by atoms with E-state index in [1.165, 1.54) is 5.56 Å². The Labute approximate surface area is 206 Å². The molecule has 0 saturated heterocycles. The Morgan fingerprint density at radius 2 is 1.50 bits per heavy atom. The highest BCUT2D eigenvalue weighted by atomic mass is 19.4. The van der Waals surface area contributed by atoms with Crippen molar-refractivity contribution in [3.8, 4) is 0 Å². The van der Waals surface area contributed by atoms with Crippen molar-refractivity contribution >= 4 is 11.8 Å². The average Bonchev–Trinajstić information content (AvgIpc) is 3.26. The molecule has 36 heavy (non-hydrogen) atoms. The number of alkyl halides is 6. The molecule has 0 aliphatic heterocycles. The molecule has 4 nitrogen and oxygen atoms in total. The van der Waals surface area contributed by atoms with Crippen molar-refractivity contribution in [2.75, 3.05) is 18.0 Å². The van der Waals surface area contributed by atoms with Crippen LogP contribution < -0.4 is 4.90 Å². The first-order valence-electron chi connectivity index (χ1n) is 11.9. The van der Waals surface area contributed by atoms with Crippen LogP contribution in [0.2, 0.25) is 0 Å². The number of fused-ring (bicyclic) bond motifs is 1. The number of amides is 1. The Morgan fingerprint density at radius 1 is 0.944 bits per heavy atom. The normalized spacial score (nSPS) is 14.5. The second-order valence-corrected chi connectivity index (χ2v) is 9.11. The molecule has 0 radical (unpaired) electrons. The predicted octanol–water partition coefficient (Wildman–Crippen LogP) is 7.69. The number of benzene rings is 2. The smallest absolute Gasteiger partial charge is 0.416 e. The molecule has 0 saturated carbocycles. The average molecular weight is 517 g/mol. The van der Waals surface area contributed by atoms with Gasteiger partial charge in [0, 0.05) is 25.3 Å². The lowest BCUT2D eigenvalue weighted by atomic mass is 9.97. The number of carbonyl (C=O) groups is 1. The molecule has 1 atom stereocenters. The van der Waals surface area contributed by atoms with Gasteiger partial charge in [0.05, 0.1) is 17.2 Å². The second-order valence-electron chi connectivity index (χ2n) is 9.11. The Bertz CT molecular complexity index is 1060. The van der Waals surface area contributed by atoms with Gasteiger partial charge in [-0.3, -0.25) is 4.90 Å². The highest BCUT2D eigenvalue weighted by Crippen LogP contribution is 2.39. The molecule has 1 amide bonds. The number of aryl methyl sites for hydroxylation is 2. The topological polar surface area (TPSA) is 43.8 Å². The summed E-state index contributed by atoms with van der Waals surface area (Å²) >= 11 is 0. The SMILES string of the molecule is CCCN(CC)c1cc2c(cc1C(C)N(Cc1cc(C(F)(F)F)cc(C(F)(F)F)c1)C(=O)O)CCC2. The zero-order valence-corrected chi connectivity index (χ0v) is 20.4. The summed E-state index contributed by atoms with van der Waals surface area (Å²) in [5.41, 5.74) is 0.499. The van der Waals surface area contributed by atoms with Gasteiger partial charge in [-0.25, -0.2) is 4.79 Å². The summed E-state index contributed by atoms with van der Waals surface area (Å²) in [7, 11) is 0. The van der Waals surface area contributed by atoms with Gasteiger partial charge in [0.25, 0.3) is 0 Å². The van der Waals surface area contributed by atoms with Crippen LogP contribution in [0, 0.1) is 0 Å². The Balaban J connectivity index is 2.07. The first-order valence-corrected chi connectivity index (χ1v) is 11.9. The van der Waals surface area contributed by atoms with Gasteiger partial charge in [0.15, 0.2) is 0 Å². The molecule has 2 aromatic carbocycles. The minimum atomic E-state index is -5.01. The van der Waals surface area contributed by atoms with Gasteiger partial charge < -0.3 is 10.0 Å². The largest absolute Gasteiger partial charge is 0.465 e. The van der Waals surface area contributed by atoms with E-state index in [1.807, 2.05) is 19.9 Å². The summed E-state index contributed by atoms with van der Waals surface area (Å²) < 4.78 is 80.0. The molecular weight excluding hydrogens is 486 g/mol. The number of carboxylic acid groups (broad SMARTS) is 1. The molecule has 1 aliphatic carbocycles. The van der Waals surface area contributed by atoms with Gasteiger partial charge in [-0.05, 0) is 86.1 Å².